The topological polar surface area (TPSA) is 105 Å². The minimum absolute atomic E-state index is 0.242. The molecule has 2 aromatic rings. The summed E-state index contributed by atoms with van der Waals surface area (Å²) in [6.45, 7) is 4.44. The van der Waals surface area contributed by atoms with Gasteiger partial charge in [-0.1, -0.05) is 32.4 Å². The van der Waals surface area contributed by atoms with Crippen molar-refractivity contribution in [1.29, 1.82) is 0 Å². The third kappa shape index (κ3) is 6.98. The van der Waals surface area contributed by atoms with Crippen LogP contribution in [-0.4, -0.2) is 46.2 Å². The Hall–Kier alpha value is -3.07. The minimum atomic E-state index is -3.37. The van der Waals surface area contributed by atoms with E-state index in [1.807, 2.05) is 13.8 Å². The normalized spacial score (nSPS) is 12.0. The molecule has 174 valence electrons. The Morgan fingerprint density at radius 3 is 2.31 bits per heavy atom. The van der Waals surface area contributed by atoms with E-state index in [0.29, 0.717) is 35.7 Å². The first-order valence-corrected chi connectivity index (χ1v) is 12.4. The van der Waals surface area contributed by atoms with Crippen molar-refractivity contribution in [1.82, 2.24) is 5.32 Å². The van der Waals surface area contributed by atoms with Crippen LogP contribution in [-0.2, 0) is 14.8 Å². The first kappa shape index (κ1) is 25.2. The zero-order valence-electron chi connectivity index (χ0n) is 18.9. The van der Waals surface area contributed by atoms with Gasteiger partial charge in [-0.15, -0.1) is 0 Å². The molecule has 0 aliphatic heterocycles. The van der Waals surface area contributed by atoms with Crippen LogP contribution in [0.15, 0.2) is 48.5 Å². The molecule has 0 aliphatic carbocycles. The molecule has 0 unspecified atom stereocenters. The van der Waals surface area contributed by atoms with E-state index in [1.165, 1.54) is 7.05 Å². The maximum absolute atomic E-state index is 12.8. The number of nitrogens with one attached hydrogen (secondary N) is 2. The summed E-state index contributed by atoms with van der Waals surface area (Å²) in [4.78, 5) is 25.3. The molecule has 0 heterocycles. The van der Waals surface area contributed by atoms with Crippen LogP contribution in [0.1, 0.15) is 43.5 Å². The lowest BCUT2D eigenvalue weighted by molar-refractivity contribution is -0.122. The quantitative estimate of drug-likeness (QED) is 0.499. The molecule has 32 heavy (non-hydrogen) atoms. The van der Waals surface area contributed by atoms with Gasteiger partial charge in [-0.25, -0.2) is 8.42 Å². The van der Waals surface area contributed by atoms with E-state index in [2.05, 4.69) is 10.6 Å². The zero-order valence-corrected chi connectivity index (χ0v) is 19.7. The molecule has 0 aromatic heterocycles. The maximum atomic E-state index is 12.8. The summed E-state index contributed by atoms with van der Waals surface area (Å²) in [5.74, 6) is -0.184. The third-order valence-electron chi connectivity index (χ3n) is 4.88. The number of rotatable bonds is 11. The van der Waals surface area contributed by atoms with E-state index in [1.54, 1.807) is 48.5 Å². The fourth-order valence-electron chi connectivity index (χ4n) is 2.89. The molecular weight excluding hydrogens is 430 g/mol. The second kappa shape index (κ2) is 11.5. The van der Waals surface area contributed by atoms with Gasteiger partial charge < -0.3 is 15.4 Å². The second-order valence-corrected chi connectivity index (χ2v) is 9.40. The van der Waals surface area contributed by atoms with Crippen molar-refractivity contribution >= 4 is 33.2 Å². The number of ether oxygens (including phenoxy) is 1. The highest BCUT2D eigenvalue weighted by molar-refractivity contribution is 7.92. The predicted octanol–water partition coefficient (Wildman–Crippen LogP) is 3.41. The summed E-state index contributed by atoms with van der Waals surface area (Å²) >= 11 is 0. The molecule has 2 aromatic carbocycles. The number of anilines is 2. The molecule has 0 saturated heterocycles. The van der Waals surface area contributed by atoms with Gasteiger partial charge in [0.15, 0.2) is 6.10 Å². The second-order valence-electron chi connectivity index (χ2n) is 7.38. The van der Waals surface area contributed by atoms with Crippen molar-refractivity contribution in [3.05, 3.63) is 54.1 Å². The zero-order chi connectivity index (χ0) is 23.7. The van der Waals surface area contributed by atoms with E-state index in [-0.39, 0.29) is 11.8 Å². The highest BCUT2D eigenvalue weighted by atomic mass is 32.2. The Balaban J connectivity index is 2.09. The van der Waals surface area contributed by atoms with Crippen LogP contribution in [0.2, 0.25) is 0 Å². The first-order chi connectivity index (χ1) is 15.2. The summed E-state index contributed by atoms with van der Waals surface area (Å²) < 4.78 is 30.3. The number of unbranched alkanes of at least 4 members (excludes halogenated alkanes) is 1. The first-order valence-electron chi connectivity index (χ1n) is 10.6. The molecule has 0 fully saturated rings. The number of nitrogens with zero attached hydrogens (tertiary/aromatic N) is 1. The highest BCUT2D eigenvalue weighted by Gasteiger charge is 2.21. The standard InChI is InChI=1S/C23H31N3O5S/c1-5-7-16-24-22(27)19-10-8-9-11-20(19)25-23(28)21(6-2)31-18-14-12-17(13-15-18)26(3)32(4,29)30/h8-15,21H,5-7,16H2,1-4H3,(H,24,27)(H,25,28)/t21-/m1/s1. The van der Waals surface area contributed by atoms with Gasteiger partial charge in [0, 0.05) is 13.6 Å². The third-order valence-corrected chi connectivity index (χ3v) is 6.09. The molecule has 0 spiro atoms. The number of hydrogen-bond donors (Lipinski definition) is 2. The summed E-state index contributed by atoms with van der Waals surface area (Å²) in [7, 11) is -1.91. The van der Waals surface area contributed by atoms with Crippen molar-refractivity contribution in [2.45, 2.75) is 39.2 Å². The van der Waals surface area contributed by atoms with Gasteiger partial charge in [0.25, 0.3) is 11.8 Å². The number of carbonyl (C=O) groups excluding carboxylic acids is 2. The molecule has 2 N–H and O–H groups in total. The van der Waals surface area contributed by atoms with Gasteiger partial charge in [-0.2, -0.15) is 0 Å². The Kier molecular flexibility index (Phi) is 9.07. The molecule has 0 aliphatic rings. The van der Waals surface area contributed by atoms with Crippen LogP contribution in [0, 0.1) is 0 Å². The number of amides is 2. The lowest BCUT2D eigenvalue weighted by Gasteiger charge is -2.20. The lowest BCUT2D eigenvalue weighted by Crippen LogP contribution is -2.33. The molecule has 9 heteroatoms. The SMILES string of the molecule is CCCCNC(=O)c1ccccc1NC(=O)[C@@H](CC)Oc1ccc(N(C)S(C)(=O)=O)cc1. The molecular formula is C23H31N3O5S. The van der Waals surface area contributed by atoms with E-state index >= 15 is 0 Å². The van der Waals surface area contributed by atoms with Gasteiger partial charge in [0.2, 0.25) is 10.0 Å². The van der Waals surface area contributed by atoms with Gasteiger partial charge in [-0.05, 0) is 49.2 Å². The Bertz CT molecular complexity index is 1020. The average Bonchev–Trinajstić information content (AvgIpc) is 2.77. The Morgan fingerprint density at radius 2 is 1.72 bits per heavy atom. The largest absolute Gasteiger partial charge is 0.481 e. The van der Waals surface area contributed by atoms with Gasteiger partial charge in [0.05, 0.1) is 23.2 Å². The van der Waals surface area contributed by atoms with Crippen LogP contribution >= 0.6 is 0 Å². The number of carbonyl (C=O) groups is 2. The van der Waals surface area contributed by atoms with Crippen LogP contribution in [0.4, 0.5) is 11.4 Å². The molecule has 8 nitrogen and oxygen atoms in total. The fourth-order valence-corrected chi connectivity index (χ4v) is 3.39. The molecule has 0 radical (unpaired) electrons. The van der Waals surface area contributed by atoms with Crippen molar-refractivity contribution in [3.8, 4) is 5.75 Å². The fraction of sp³-hybridized carbons (Fsp3) is 0.391. The average molecular weight is 462 g/mol. The van der Waals surface area contributed by atoms with Crippen molar-refractivity contribution in [2.24, 2.45) is 0 Å². The summed E-state index contributed by atoms with van der Waals surface area (Å²) in [6.07, 6.45) is 2.59. The number of benzene rings is 2. The molecule has 1 atom stereocenters. The molecule has 0 saturated carbocycles. The van der Waals surface area contributed by atoms with E-state index < -0.39 is 16.1 Å². The number of sulfonamides is 1. The van der Waals surface area contributed by atoms with E-state index in [0.717, 1.165) is 23.4 Å². The van der Waals surface area contributed by atoms with Crippen LogP contribution in [0.5, 0.6) is 5.75 Å². The minimum Gasteiger partial charge on any atom is -0.481 e. The van der Waals surface area contributed by atoms with Crippen LogP contribution in [0.25, 0.3) is 0 Å². The summed E-state index contributed by atoms with van der Waals surface area (Å²) in [6, 6.07) is 13.3. The summed E-state index contributed by atoms with van der Waals surface area (Å²) in [5.41, 5.74) is 1.29. The van der Waals surface area contributed by atoms with Crippen molar-refractivity contribution < 1.29 is 22.7 Å². The summed E-state index contributed by atoms with van der Waals surface area (Å²) in [5, 5.41) is 5.64. The molecule has 2 amide bonds. The van der Waals surface area contributed by atoms with Gasteiger partial charge in [-0.3, -0.25) is 13.9 Å². The lowest BCUT2D eigenvalue weighted by atomic mass is 10.1. The van der Waals surface area contributed by atoms with E-state index in [4.69, 9.17) is 4.74 Å². The smallest absolute Gasteiger partial charge is 0.265 e. The van der Waals surface area contributed by atoms with Gasteiger partial charge in [0.1, 0.15) is 5.75 Å². The Morgan fingerprint density at radius 1 is 1.06 bits per heavy atom. The predicted molar refractivity (Wildman–Crippen MR) is 127 cm³/mol. The van der Waals surface area contributed by atoms with Gasteiger partial charge >= 0.3 is 0 Å². The monoisotopic (exact) mass is 461 g/mol. The number of hydrogen-bond acceptors (Lipinski definition) is 5. The van der Waals surface area contributed by atoms with Crippen molar-refractivity contribution in [3.63, 3.8) is 0 Å². The maximum Gasteiger partial charge on any atom is 0.265 e. The highest BCUT2D eigenvalue weighted by Crippen LogP contribution is 2.22. The molecule has 2 rings (SSSR count). The Labute approximate surface area is 190 Å². The van der Waals surface area contributed by atoms with Crippen LogP contribution < -0.4 is 19.7 Å². The van der Waals surface area contributed by atoms with Crippen molar-refractivity contribution in [2.75, 3.05) is 29.5 Å². The molecule has 0 bridgehead atoms. The number of para-hydroxylation sites is 1. The van der Waals surface area contributed by atoms with Crippen LogP contribution in [0.3, 0.4) is 0 Å². The van der Waals surface area contributed by atoms with E-state index in [9.17, 15) is 18.0 Å².